The lowest BCUT2D eigenvalue weighted by Gasteiger charge is -2.31. The summed E-state index contributed by atoms with van der Waals surface area (Å²) in [4.78, 5) is 3.84. The highest BCUT2D eigenvalue weighted by molar-refractivity contribution is 7.90. The lowest BCUT2D eigenvalue weighted by molar-refractivity contribution is 0.261. The summed E-state index contributed by atoms with van der Waals surface area (Å²) in [5, 5.41) is 10.6. The molecule has 2 heterocycles. The molecule has 2 rings (SSSR count). The van der Waals surface area contributed by atoms with Crippen molar-refractivity contribution in [2.45, 2.75) is 26.2 Å². The fourth-order valence-corrected chi connectivity index (χ4v) is 3.60. The Bertz CT molecular complexity index is 524. The molecule has 2 N–H and O–H groups in total. The highest BCUT2D eigenvalue weighted by Gasteiger charge is 2.29. The van der Waals surface area contributed by atoms with E-state index in [9.17, 15) is 8.42 Å². The van der Waals surface area contributed by atoms with Crippen LogP contribution >= 0.6 is 0 Å². The van der Waals surface area contributed by atoms with Crippen molar-refractivity contribution in [1.82, 2.24) is 24.8 Å². The van der Waals surface area contributed by atoms with E-state index in [2.05, 4.69) is 32.1 Å². The molecule has 0 saturated carbocycles. The number of hydrogen-bond acceptors (Lipinski definition) is 6. The van der Waals surface area contributed by atoms with E-state index >= 15 is 0 Å². The van der Waals surface area contributed by atoms with Gasteiger partial charge in [0.05, 0.1) is 12.4 Å². The van der Waals surface area contributed by atoms with Gasteiger partial charge in [0.2, 0.25) is 0 Å². The van der Waals surface area contributed by atoms with E-state index in [1.807, 2.05) is 0 Å². The van der Waals surface area contributed by atoms with Gasteiger partial charge in [-0.05, 0) is 38.3 Å². The van der Waals surface area contributed by atoms with Crippen molar-refractivity contribution in [3.8, 4) is 0 Å². The third kappa shape index (κ3) is 4.87. The fraction of sp³-hybridized carbons (Fsp3) is 0.750. The fourth-order valence-electron chi connectivity index (χ4n) is 2.37. The predicted octanol–water partition coefficient (Wildman–Crippen LogP) is 0.240. The van der Waals surface area contributed by atoms with E-state index in [0.717, 1.165) is 32.4 Å². The van der Waals surface area contributed by atoms with E-state index in [-0.39, 0.29) is 5.95 Å². The van der Waals surface area contributed by atoms with Gasteiger partial charge in [-0.3, -0.25) is 0 Å². The van der Waals surface area contributed by atoms with Crippen molar-refractivity contribution < 1.29 is 8.42 Å². The Labute approximate surface area is 125 Å². The molecule has 1 aliphatic rings. The molecule has 1 aliphatic heterocycles. The van der Waals surface area contributed by atoms with Crippen molar-refractivity contribution in [2.24, 2.45) is 5.92 Å². The summed E-state index contributed by atoms with van der Waals surface area (Å²) in [5.41, 5.74) is 0. The van der Waals surface area contributed by atoms with Gasteiger partial charge < -0.3 is 5.32 Å². The Morgan fingerprint density at radius 2 is 2.29 bits per heavy atom. The zero-order valence-corrected chi connectivity index (χ0v) is 13.0. The topological polar surface area (TPSA) is 100 Å². The number of nitrogens with zero attached hydrogens (tertiary/aromatic N) is 4. The summed E-state index contributed by atoms with van der Waals surface area (Å²) in [6.45, 7) is 4.98. The minimum absolute atomic E-state index is 0.00346. The number of aromatic nitrogens is 3. The number of hydrogen-bond donors (Lipinski definition) is 2. The van der Waals surface area contributed by atoms with Gasteiger partial charge in [-0.25, -0.2) is 9.71 Å². The first kappa shape index (κ1) is 16.1. The molecule has 0 aromatic carbocycles. The van der Waals surface area contributed by atoms with E-state index in [1.54, 1.807) is 0 Å². The van der Waals surface area contributed by atoms with E-state index in [1.165, 1.54) is 16.7 Å². The van der Waals surface area contributed by atoms with Gasteiger partial charge in [-0.2, -0.15) is 17.8 Å². The van der Waals surface area contributed by atoms with Crippen LogP contribution in [-0.2, 0) is 10.2 Å². The first-order chi connectivity index (χ1) is 10.1. The highest BCUT2D eigenvalue weighted by Crippen LogP contribution is 2.19. The van der Waals surface area contributed by atoms with Crippen LogP contribution in [0.25, 0.3) is 0 Å². The molecule has 9 heteroatoms. The Kier molecular flexibility index (Phi) is 5.83. The number of nitrogens with one attached hydrogen (secondary N) is 2. The summed E-state index contributed by atoms with van der Waals surface area (Å²) >= 11 is 0. The molecule has 1 aromatic rings. The minimum Gasteiger partial charge on any atom is -0.316 e. The molecule has 0 amide bonds. The third-order valence-corrected chi connectivity index (χ3v) is 4.84. The van der Waals surface area contributed by atoms with Gasteiger partial charge in [-0.15, -0.1) is 5.10 Å². The van der Waals surface area contributed by atoms with Crippen LogP contribution in [0.1, 0.15) is 26.2 Å². The molecular formula is C12H22N6O2S. The van der Waals surface area contributed by atoms with Crippen molar-refractivity contribution >= 4 is 16.2 Å². The van der Waals surface area contributed by atoms with E-state index < -0.39 is 10.2 Å². The van der Waals surface area contributed by atoms with Gasteiger partial charge in [-0.1, -0.05) is 6.92 Å². The van der Waals surface area contributed by atoms with E-state index in [4.69, 9.17) is 0 Å². The van der Waals surface area contributed by atoms with Crippen LogP contribution in [0.2, 0.25) is 0 Å². The molecule has 118 valence electrons. The second-order valence-corrected chi connectivity index (χ2v) is 6.81. The standard InChI is InChI=1S/C12H22N6O2S/c1-2-5-13-9-11-4-3-8-18(10-11)21(19,20)17-12-14-6-7-15-16-12/h6-7,11,13H,2-5,8-10H2,1H3,(H,14,16,17). The van der Waals surface area contributed by atoms with Crippen molar-refractivity contribution in [1.29, 1.82) is 0 Å². The molecule has 1 atom stereocenters. The maximum Gasteiger partial charge on any atom is 0.304 e. The van der Waals surface area contributed by atoms with Crippen molar-refractivity contribution in [3.05, 3.63) is 12.4 Å². The second kappa shape index (κ2) is 7.62. The van der Waals surface area contributed by atoms with Gasteiger partial charge >= 0.3 is 10.2 Å². The average molecular weight is 314 g/mol. The Hall–Kier alpha value is -1.32. The Morgan fingerprint density at radius 3 is 3.00 bits per heavy atom. The summed E-state index contributed by atoms with van der Waals surface area (Å²) in [6.07, 6.45) is 5.79. The predicted molar refractivity (Wildman–Crippen MR) is 79.8 cm³/mol. The monoisotopic (exact) mass is 314 g/mol. The van der Waals surface area contributed by atoms with Crippen LogP contribution in [0.5, 0.6) is 0 Å². The summed E-state index contributed by atoms with van der Waals surface area (Å²) in [7, 11) is -3.61. The Morgan fingerprint density at radius 1 is 1.43 bits per heavy atom. The zero-order valence-electron chi connectivity index (χ0n) is 12.2. The maximum absolute atomic E-state index is 12.3. The van der Waals surface area contributed by atoms with E-state index in [0.29, 0.717) is 19.0 Å². The van der Waals surface area contributed by atoms with Crippen LogP contribution in [0.15, 0.2) is 12.4 Å². The smallest absolute Gasteiger partial charge is 0.304 e. The van der Waals surface area contributed by atoms with Crippen LogP contribution in [0.3, 0.4) is 0 Å². The van der Waals surface area contributed by atoms with Crippen molar-refractivity contribution in [2.75, 3.05) is 30.9 Å². The Balaban J connectivity index is 1.93. The van der Waals surface area contributed by atoms with Crippen LogP contribution in [0, 0.1) is 5.92 Å². The number of rotatable bonds is 7. The lowest BCUT2D eigenvalue weighted by atomic mass is 10.00. The van der Waals surface area contributed by atoms with Gasteiger partial charge in [0, 0.05) is 13.1 Å². The molecule has 1 saturated heterocycles. The molecule has 8 nitrogen and oxygen atoms in total. The molecule has 0 spiro atoms. The number of piperidine rings is 1. The molecule has 21 heavy (non-hydrogen) atoms. The average Bonchev–Trinajstić information content (AvgIpc) is 2.48. The molecular weight excluding hydrogens is 292 g/mol. The molecule has 0 aliphatic carbocycles. The quantitative estimate of drug-likeness (QED) is 0.699. The largest absolute Gasteiger partial charge is 0.316 e. The first-order valence-electron chi connectivity index (χ1n) is 7.24. The third-order valence-electron chi connectivity index (χ3n) is 3.38. The maximum atomic E-state index is 12.3. The molecule has 0 bridgehead atoms. The number of anilines is 1. The zero-order chi connectivity index (χ0) is 15.1. The lowest BCUT2D eigenvalue weighted by Crippen LogP contribution is -2.45. The van der Waals surface area contributed by atoms with Crippen LogP contribution in [-0.4, -0.2) is 54.1 Å². The minimum atomic E-state index is -3.61. The van der Waals surface area contributed by atoms with Gasteiger partial charge in [0.1, 0.15) is 0 Å². The molecule has 1 unspecified atom stereocenters. The summed E-state index contributed by atoms with van der Waals surface area (Å²) in [6, 6.07) is 0. The SMILES string of the molecule is CCCNCC1CCCN(S(=O)(=O)Nc2nccnn2)C1. The summed E-state index contributed by atoms with van der Waals surface area (Å²) in [5.74, 6) is 0.348. The first-order valence-corrected chi connectivity index (χ1v) is 8.68. The molecule has 0 radical (unpaired) electrons. The van der Waals surface area contributed by atoms with Crippen LogP contribution < -0.4 is 10.0 Å². The molecule has 1 fully saturated rings. The normalized spacial score (nSPS) is 20.3. The van der Waals surface area contributed by atoms with Crippen LogP contribution in [0.4, 0.5) is 5.95 Å². The molecule has 1 aromatic heterocycles. The van der Waals surface area contributed by atoms with Crippen molar-refractivity contribution in [3.63, 3.8) is 0 Å². The highest BCUT2D eigenvalue weighted by atomic mass is 32.2. The van der Waals surface area contributed by atoms with Gasteiger partial charge in [0.25, 0.3) is 5.95 Å². The second-order valence-electron chi connectivity index (χ2n) is 5.14. The summed E-state index contributed by atoms with van der Waals surface area (Å²) < 4.78 is 28.5. The van der Waals surface area contributed by atoms with Gasteiger partial charge in [0.15, 0.2) is 0 Å².